The summed E-state index contributed by atoms with van der Waals surface area (Å²) >= 11 is 5.94. The van der Waals surface area contributed by atoms with Crippen molar-refractivity contribution in [2.75, 3.05) is 19.6 Å². The number of amides is 1. The van der Waals surface area contributed by atoms with Crippen LogP contribution in [0.3, 0.4) is 0 Å². The maximum atomic E-state index is 12.4. The summed E-state index contributed by atoms with van der Waals surface area (Å²) in [5, 5.41) is 0.177. The number of sulfonamides is 1. The Morgan fingerprint density at radius 3 is 2.76 bits per heavy atom. The lowest BCUT2D eigenvalue weighted by Gasteiger charge is -2.21. The highest BCUT2D eigenvalue weighted by Crippen LogP contribution is 2.22. The molecule has 1 saturated heterocycles. The van der Waals surface area contributed by atoms with Gasteiger partial charge in [0.15, 0.2) is 0 Å². The van der Waals surface area contributed by atoms with Crippen LogP contribution in [0.15, 0.2) is 29.2 Å². The minimum absolute atomic E-state index is 0.0130. The third-order valence-corrected chi connectivity index (χ3v) is 6.62. The van der Waals surface area contributed by atoms with Crippen LogP contribution in [-0.2, 0) is 14.8 Å². The molecule has 1 fully saturated rings. The Hall–Kier alpha value is -1.11. The molecule has 140 valence electrons. The van der Waals surface area contributed by atoms with Gasteiger partial charge in [-0.05, 0) is 37.3 Å². The second-order valence-electron chi connectivity index (χ2n) is 6.54. The van der Waals surface area contributed by atoms with Gasteiger partial charge in [0.05, 0.1) is 5.02 Å². The van der Waals surface area contributed by atoms with Crippen LogP contribution in [0.5, 0.6) is 0 Å². The van der Waals surface area contributed by atoms with Crippen LogP contribution in [0, 0.1) is 5.92 Å². The summed E-state index contributed by atoms with van der Waals surface area (Å²) in [6.07, 6.45) is 5.83. The molecule has 1 aliphatic rings. The molecule has 7 heteroatoms. The van der Waals surface area contributed by atoms with Gasteiger partial charge >= 0.3 is 0 Å². The molecule has 1 amide bonds. The van der Waals surface area contributed by atoms with Crippen molar-refractivity contribution in [1.29, 1.82) is 0 Å². The van der Waals surface area contributed by atoms with Gasteiger partial charge in [0.25, 0.3) is 0 Å². The molecular weight excluding hydrogens is 360 g/mol. The van der Waals surface area contributed by atoms with Gasteiger partial charge in [-0.15, -0.1) is 0 Å². The van der Waals surface area contributed by atoms with Crippen molar-refractivity contribution in [3.63, 3.8) is 0 Å². The number of hydrogen-bond donors (Lipinski definition) is 1. The topological polar surface area (TPSA) is 66.5 Å². The van der Waals surface area contributed by atoms with Crippen molar-refractivity contribution in [2.45, 2.75) is 50.3 Å². The fourth-order valence-corrected chi connectivity index (χ4v) is 4.85. The Labute approximate surface area is 155 Å². The average molecular weight is 387 g/mol. The van der Waals surface area contributed by atoms with Crippen LogP contribution in [-0.4, -0.2) is 38.9 Å². The number of nitrogens with zero attached hydrogens (tertiary/aromatic N) is 1. The summed E-state index contributed by atoms with van der Waals surface area (Å²) < 4.78 is 27.0. The lowest BCUT2D eigenvalue weighted by Crippen LogP contribution is -2.35. The Kier molecular flexibility index (Phi) is 7.72. The molecule has 0 bridgehead atoms. The molecular formula is C18H27ClN2O3S. The second-order valence-corrected chi connectivity index (χ2v) is 8.69. The fourth-order valence-electron chi connectivity index (χ4n) is 3.30. The SMILES string of the molecule is CCCC1CCCN(C(=O)CCNS(=O)(=O)c2ccccc2Cl)CC1. The Bertz CT molecular complexity index is 679. The van der Waals surface area contributed by atoms with Gasteiger partial charge in [-0.25, -0.2) is 13.1 Å². The number of carbonyl (C=O) groups is 1. The first-order valence-corrected chi connectivity index (χ1v) is 10.8. The Balaban J connectivity index is 1.83. The van der Waals surface area contributed by atoms with Gasteiger partial charge in [0.1, 0.15) is 4.90 Å². The normalized spacial score (nSPS) is 18.8. The minimum Gasteiger partial charge on any atom is -0.343 e. The van der Waals surface area contributed by atoms with Gasteiger partial charge in [0, 0.05) is 26.1 Å². The van der Waals surface area contributed by atoms with Gasteiger partial charge in [-0.1, -0.05) is 43.5 Å². The van der Waals surface area contributed by atoms with Gasteiger partial charge < -0.3 is 4.90 Å². The van der Waals surface area contributed by atoms with Crippen LogP contribution >= 0.6 is 11.6 Å². The molecule has 1 aliphatic heterocycles. The summed E-state index contributed by atoms with van der Waals surface area (Å²) in [6, 6.07) is 6.28. The van der Waals surface area contributed by atoms with E-state index in [2.05, 4.69) is 11.6 Å². The van der Waals surface area contributed by atoms with Crippen LogP contribution in [0.4, 0.5) is 0 Å². The lowest BCUT2D eigenvalue weighted by molar-refractivity contribution is -0.131. The first kappa shape index (κ1) is 20.2. The van der Waals surface area contributed by atoms with E-state index in [9.17, 15) is 13.2 Å². The highest BCUT2D eigenvalue weighted by Gasteiger charge is 2.21. The summed E-state index contributed by atoms with van der Waals surface area (Å²) in [5.41, 5.74) is 0. The first-order chi connectivity index (χ1) is 11.9. The maximum Gasteiger partial charge on any atom is 0.242 e. The van der Waals surface area contributed by atoms with Crippen molar-refractivity contribution >= 4 is 27.5 Å². The van der Waals surface area contributed by atoms with E-state index < -0.39 is 10.0 Å². The van der Waals surface area contributed by atoms with E-state index in [1.807, 2.05) is 4.90 Å². The molecule has 1 atom stereocenters. The first-order valence-electron chi connectivity index (χ1n) is 8.96. The third kappa shape index (κ3) is 5.97. The molecule has 0 aromatic heterocycles. The highest BCUT2D eigenvalue weighted by molar-refractivity contribution is 7.89. The van der Waals surface area contributed by atoms with Crippen LogP contribution < -0.4 is 4.72 Å². The molecule has 1 unspecified atom stereocenters. The third-order valence-electron chi connectivity index (χ3n) is 4.65. The summed E-state index contributed by atoms with van der Waals surface area (Å²) in [4.78, 5) is 14.3. The fraction of sp³-hybridized carbons (Fsp3) is 0.611. The largest absolute Gasteiger partial charge is 0.343 e. The molecule has 5 nitrogen and oxygen atoms in total. The van der Waals surface area contributed by atoms with Gasteiger partial charge in [-0.2, -0.15) is 0 Å². The molecule has 0 spiro atoms. The van der Waals surface area contributed by atoms with Crippen LogP contribution in [0.1, 0.15) is 45.4 Å². The van der Waals surface area contributed by atoms with Gasteiger partial charge in [0.2, 0.25) is 15.9 Å². The zero-order valence-corrected chi connectivity index (χ0v) is 16.3. The van der Waals surface area contributed by atoms with Gasteiger partial charge in [-0.3, -0.25) is 4.79 Å². The summed E-state index contributed by atoms with van der Waals surface area (Å²) in [6.45, 7) is 3.83. The number of hydrogen-bond acceptors (Lipinski definition) is 3. The Morgan fingerprint density at radius 2 is 2.04 bits per heavy atom. The van der Waals surface area contributed by atoms with Crippen molar-refractivity contribution < 1.29 is 13.2 Å². The number of carbonyl (C=O) groups excluding carboxylic acids is 1. The van der Waals surface area contributed by atoms with E-state index in [4.69, 9.17) is 11.6 Å². The smallest absolute Gasteiger partial charge is 0.242 e. The monoisotopic (exact) mass is 386 g/mol. The standard InChI is InChI=1S/C18H27ClN2O3S/c1-2-6-15-7-5-13-21(14-11-15)18(22)10-12-20-25(23,24)17-9-4-3-8-16(17)19/h3-4,8-9,15,20H,2,5-7,10-14H2,1H3. The van der Waals surface area contributed by atoms with Crippen LogP contribution in [0.2, 0.25) is 5.02 Å². The summed E-state index contributed by atoms with van der Waals surface area (Å²) in [7, 11) is -3.69. The van der Waals surface area contributed by atoms with E-state index in [-0.39, 0.29) is 28.8 Å². The molecule has 1 heterocycles. The highest BCUT2D eigenvalue weighted by atomic mass is 35.5. The minimum atomic E-state index is -3.69. The molecule has 0 radical (unpaired) electrons. The average Bonchev–Trinajstić information content (AvgIpc) is 2.81. The number of benzene rings is 1. The predicted molar refractivity (Wildman–Crippen MR) is 100 cm³/mol. The predicted octanol–water partition coefficient (Wildman–Crippen LogP) is 3.44. The molecule has 0 aliphatic carbocycles. The molecule has 2 rings (SSSR count). The molecule has 0 saturated carbocycles. The Morgan fingerprint density at radius 1 is 1.28 bits per heavy atom. The maximum absolute atomic E-state index is 12.4. The summed E-state index contributed by atoms with van der Waals surface area (Å²) in [5.74, 6) is 0.723. The van der Waals surface area contributed by atoms with E-state index in [1.54, 1.807) is 12.1 Å². The van der Waals surface area contributed by atoms with E-state index in [1.165, 1.54) is 31.4 Å². The molecule has 1 aromatic carbocycles. The lowest BCUT2D eigenvalue weighted by atomic mass is 9.96. The van der Waals surface area contributed by atoms with Crippen LogP contribution in [0.25, 0.3) is 0 Å². The zero-order valence-electron chi connectivity index (χ0n) is 14.7. The van der Waals surface area contributed by atoms with E-state index in [0.29, 0.717) is 5.92 Å². The number of likely N-dealkylation sites (tertiary alicyclic amines) is 1. The zero-order chi connectivity index (χ0) is 18.3. The van der Waals surface area contributed by atoms with E-state index in [0.717, 1.165) is 25.9 Å². The van der Waals surface area contributed by atoms with Crippen molar-refractivity contribution in [3.05, 3.63) is 29.3 Å². The van der Waals surface area contributed by atoms with Crippen molar-refractivity contribution in [2.24, 2.45) is 5.92 Å². The molecule has 1 N–H and O–H groups in total. The molecule has 1 aromatic rings. The molecule has 25 heavy (non-hydrogen) atoms. The second kappa shape index (κ2) is 9.55. The number of nitrogens with one attached hydrogen (secondary N) is 1. The van der Waals surface area contributed by atoms with E-state index >= 15 is 0 Å². The van der Waals surface area contributed by atoms with Crippen molar-refractivity contribution in [1.82, 2.24) is 9.62 Å². The quantitative estimate of drug-likeness (QED) is 0.780. The number of rotatable bonds is 7. The number of halogens is 1. The van der Waals surface area contributed by atoms with Crippen molar-refractivity contribution in [3.8, 4) is 0 Å².